The number of aryl methyl sites for hydroxylation is 1. The lowest BCUT2D eigenvalue weighted by atomic mass is 10.1. The van der Waals surface area contributed by atoms with E-state index in [0.29, 0.717) is 16.7 Å². The number of benzene rings is 2. The van der Waals surface area contributed by atoms with Crippen LogP contribution in [0, 0.1) is 18.2 Å². The van der Waals surface area contributed by atoms with E-state index in [2.05, 4.69) is 20.3 Å². The van der Waals surface area contributed by atoms with Crippen LogP contribution in [-0.2, 0) is 11.3 Å². The lowest BCUT2D eigenvalue weighted by Gasteiger charge is -2.18. The number of aromatic hydroxyl groups is 1. The van der Waals surface area contributed by atoms with Crippen molar-refractivity contribution in [2.75, 3.05) is 0 Å². The van der Waals surface area contributed by atoms with Gasteiger partial charge in [0.1, 0.15) is 11.2 Å². The van der Waals surface area contributed by atoms with Crippen molar-refractivity contribution in [3.05, 3.63) is 58.4 Å². The van der Waals surface area contributed by atoms with E-state index >= 15 is 0 Å². The summed E-state index contributed by atoms with van der Waals surface area (Å²) in [6.07, 6.45) is -5.06. The number of rotatable bonds is 5. The van der Waals surface area contributed by atoms with Crippen molar-refractivity contribution in [1.82, 2.24) is 20.3 Å². The number of nitrogens with zero attached hydrogens (tertiary/aromatic N) is 3. The van der Waals surface area contributed by atoms with E-state index in [9.17, 15) is 27.5 Å². The molecule has 172 valence electrons. The molecule has 1 aromatic heterocycles. The molecule has 2 aromatic carbocycles. The highest BCUT2D eigenvalue weighted by molar-refractivity contribution is 6.33. The number of hydrogen-bond acceptors (Lipinski definition) is 5. The maximum absolute atomic E-state index is 13.6. The van der Waals surface area contributed by atoms with Gasteiger partial charge in [-0.05, 0) is 61.2 Å². The molecule has 0 saturated heterocycles. The van der Waals surface area contributed by atoms with Crippen LogP contribution in [0.5, 0.6) is 6.01 Å². The maximum atomic E-state index is 13.6. The van der Waals surface area contributed by atoms with E-state index in [4.69, 9.17) is 11.6 Å². The van der Waals surface area contributed by atoms with E-state index in [1.165, 1.54) is 30.3 Å². The molecule has 0 atom stereocenters. The smallest absolute Gasteiger partial charge is 0.403 e. The molecular formula is C22H17ClF4N4O2. The Balaban J connectivity index is 1.61. The first-order valence-electron chi connectivity index (χ1n) is 9.85. The van der Waals surface area contributed by atoms with Crippen molar-refractivity contribution in [3.8, 4) is 28.8 Å². The number of carbonyl (C=O) groups excluding carboxylic acids is 1. The van der Waals surface area contributed by atoms with Crippen molar-refractivity contribution in [2.45, 2.75) is 32.5 Å². The zero-order valence-corrected chi connectivity index (χ0v) is 17.9. The van der Waals surface area contributed by atoms with Gasteiger partial charge in [-0.25, -0.2) is 9.37 Å². The Kier molecular flexibility index (Phi) is 5.73. The van der Waals surface area contributed by atoms with E-state index in [-0.39, 0.29) is 41.6 Å². The van der Waals surface area contributed by atoms with Gasteiger partial charge in [-0.1, -0.05) is 17.7 Å². The highest BCUT2D eigenvalue weighted by Gasteiger charge is 2.68. The molecule has 3 aromatic rings. The van der Waals surface area contributed by atoms with E-state index < -0.39 is 29.3 Å². The van der Waals surface area contributed by atoms with Gasteiger partial charge in [0.2, 0.25) is 5.91 Å². The first-order valence-corrected chi connectivity index (χ1v) is 10.2. The van der Waals surface area contributed by atoms with Gasteiger partial charge in [0.05, 0.1) is 5.02 Å². The molecule has 1 amide bonds. The monoisotopic (exact) mass is 480 g/mol. The molecule has 0 spiro atoms. The highest BCUT2D eigenvalue weighted by atomic mass is 35.5. The maximum Gasteiger partial charge on any atom is 0.403 e. The predicted molar refractivity (Wildman–Crippen MR) is 112 cm³/mol. The van der Waals surface area contributed by atoms with Crippen LogP contribution in [0.3, 0.4) is 0 Å². The quantitative estimate of drug-likeness (QED) is 0.503. The third kappa shape index (κ3) is 4.47. The van der Waals surface area contributed by atoms with E-state index in [1.807, 2.05) is 0 Å². The van der Waals surface area contributed by atoms with E-state index in [1.54, 1.807) is 13.0 Å². The molecule has 4 rings (SSSR count). The molecule has 0 bridgehead atoms. The Morgan fingerprint density at radius 3 is 2.45 bits per heavy atom. The summed E-state index contributed by atoms with van der Waals surface area (Å²) < 4.78 is 53.0. The molecule has 0 radical (unpaired) electrons. The second-order valence-corrected chi connectivity index (χ2v) is 8.23. The average molecular weight is 481 g/mol. The molecule has 33 heavy (non-hydrogen) atoms. The van der Waals surface area contributed by atoms with Gasteiger partial charge in [0.25, 0.3) is 0 Å². The molecule has 1 heterocycles. The first-order chi connectivity index (χ1) is 15.5. The van der Waals surface area contributed by atoms with Gasteiger partial charge in [0, 0.05) is 17.7 Å². The number of aromatic nitrogens is 3. The van der Waals surface area contributed by atoms with Crippen molar-refractivity contribution in [3.63, 3.8) is 0 Å². The lowest BCUT2D eigenvalue weighted by Crippen LogP contribution is -2.40. The van der Waals surface area contributed by atoms with Crippen LogP contribution >= 0.6 is 11.6 Å². The number of amides is 1. The minimum absolute atomic E-state index is 0.00612. The molecule has 1 aliphatic rings. The second kappa shape index (κ2) is 8.26. The summed E-state index contributed by atoms with van der Waals surface area (Å²) in [6.45, 7) is 1.40. The Labute approximate surface area is 190 Å². The van der Waals surface area contributed by atoms with Crippen LogP contribution in [0.4, 0.5) is 17.6 Å². The zero-order chi connectivity index (χ0) is 24.0. The number of halogens is 5. The summed E-state index contributed by atoms with van der Waals surface area (Å²) in [7, 11) is 0. The van der Waals surface area contributed by atoms with Crippen LogP contribution in [-0.4, -0.2) is 32.1 Å². The van der Waals surface area contributed by atoms with Crippen LogP contribution in [0.1, 0.15) is 24.0 Å². The van der Waals surface area contributed by atoms with Gasteiger partial charge < -0.3 is 10.4 Å². The summed E-state index contributed by atoms with van der Waals surface area (Å²) in [5.41, 5.74) is -0.783. The van der Waals surface area contributed by atoms with E-state index in [0.717, 1.165) is 0 Å². The molecule has 1 aliphatic carbocycles. The lowest BCUT2D eigenvalue weighted by molar-refractivity contribution is -0.192. The van der Waals surface area contributed by atoms with Crippen LogP contribution in [0.25, 0.3) is 22.8 Å². The molecule has 1 saturated carbocycles. The summed E-state index contributed by atoms with van der Waals surface area (Å²) in [5, 5.41) is 12.5. The number of alkyl halides is 3. The third-order valence-corrected chi connectivity index (χ3v) is 5.82. The van der Waals surface area contributed by atoms with Crippen LogP contribution in [0.2, 0.25) is 5.02 Å². The summed E-state index contributed by atoms with van der Waals surface area (Å²) in [4.78, 5) is 24.2. The van der Waals surface area contributed by atoms with Crippen LogP contribution in [0.15, 0.2) is 36.4 Å². The van der Waals surface area contributed by atoms with Crippen molar-refractivity contribution >= 4 is 17.5 Å². The zero-order valence-electron chi connectivity index (χ0n) is 17.2. The number of hydrogen-bond donors (Lipinski definition) is 2. The minimum atomic E-state index is -4.60. The van der Waals surface area contributed by atoms with Gasteiger partial charge in [-0.2, -0.15) is 23.1 Å². The van der Waals surface area contributed by atoms with Crippen molar-refractivity contribution < 1.29 is 27.5 Å². The molecule has 6 nitrogen and oxygen atoms in total. The normalized spacial score (nSPS) is 14.7. The fraction of sp³-hybridized carbons (Fsp3) is 0.273. The van der Waals surface area contributed by atoms with Crippen molar-refractivity contribution in [2.24, 2.45) is 5.41 Å². The van der Waals surface area contributed by atoms with Gasteiger partial charge in [-0.3, -0.25) is 4.79 Å². The average Bonchev–Trinajstić information content (AvgIpc) is 3.57. The topological polar surface area (TPSA) is 88.0 Å². The fourth-order valence-corrected chi connectivity index (χ4v) is 3.57. The molecule has 0 unspecified atom stereocenters. The first kappa shape index (κ1) is 22.9. The summed E-state index contributed by atoms with van der Waals surface area (Å²) >= 11 is 6.26. The Morgan fingerprint density at radius 1 is 1.12 bits per heavy atom. The Bertz CT molecular complexity index is 1250. The fourth-order valence-electron chi connectivity index (χ4n) is 3.37. The third-order valence-electron chi connectivity index (χ3n) is 5.49. The van der Waals surface area contributed by atoms with Crippen LogP contribution < -0.4 is 5.32 Å². The van der Waals surface area contributed by atoms with Gasteiger partial charge in [0.15, 0.2) is 11.6 Å². The predicted octanol–water partition coefficient (Wildman–Crippen LogP) is 4.97. The minimum Gasteiger partial charge on any atom is -0.479 e. The molecular weight excluding hydrogens is 464 g/mol. The number of carbonyl (C=O) groups is 1. The highest BCUT2D eigenvalue weighted by Crippen LogP contribution is 2.57. The molecule has 2 N–H and O–H groups in total. The van der Waals surface area contributed by atoms with Gasteiger partial charge in [-0.15, -0.1) is 0 Å². The molecule has 1 fully saturated rings. The second-order valence-electron chi connectivity index (χ2n) is 7.82. The summed E-state index contributed by atoms with van der Waals surface area (Å²) in [5.74, 6) is -1.39. The molecule has 11 heteroatoms. The SMILES string of the molecule is Cc1cc(-c2nc(O)nc(-c3cc(CNC(=O)C4(C(F)(F)F)CC4)ccc3Cl)n2)ccc1F. The van der Waals surface area contributed by atoms with Crippen molar-refractivity contribution in [1.29, 1.82) is 0 Å². The Morgan fingerprint density at radius 2 is 1.82 bits per heavy atom. The standard InChI is InChI=1S/C22H17ClF4N4O2/c1-11-8-13(3-5-16(11)24)17-29-18(31-20(33)30-17)14-9-12(2-4-15(14)23)10-28-19(32)21(6-7-21)22(25,26)27/h2-5,8-9H,6-7,10H2,1H3,(H,28,32)(H,29,30,31,33). The van der Waals surface area contributed by atoms with Gasteiger partial charge >= 0.3 is 12.2 Å². The molecule has 0 aliphatic heterocycles. The number of nitrogens with one attached hydrogen (secondary N) is 1. The summed E-state index contributed by atoms with van der Waals surface area (Å²) in [6, 6.07) is 8.15. The largest absolute Gasteiger partial charge is 0.479 e. The Hall–Kier alpha value is -3.27.